The van der Waals surface area contributed by atoms with Crippen LogP contribution in [0.15, 0.2) is 11.6 Å². The van der Waals surface area contributed by atoms with Crippen LogP contribution in [0.5, 0.6) is 0 Å². The minimum Gasteiger partial charge on any atom is -0.459 e. The normalized spacial score (nSPS) is 53.7. The maximum Gasteiger partial charge on any atom is 0.303 e. The summed E-state index contributed by atoms with van der Waals surface area (Å²) in [5.41, 5.74) is -1.57. The number of rotatable bonds is 1. The van der Waals surface area contributed by atoms with E-state index in [2.05, 4.69) is 12.8 Å². The highest BCUT2D eigenvalue weighted by Gasteiger charge is 2.68. The van der Waals surface area contributed by atoms with Gasteiger partial charge >= 0.3 is 5.97 Å². The number of hydrogen-bond acceptors (Lipinski definition) is 6. The minimum absolute atomic E-state index is 0.0934. The van der Waals surface area contributed by atoms with Crippen molar-refractivity contribution in [2.45, 2.75) is 82.9 Å². The van der Waals surface area contributed by atoms with E-state index in [1.807, 2.05) is 13.0 Å². The molecule has 29 heavy (non-hydrogen) atoms. The molecule has 4 aliphatic rings. The fraction of sp³-hybridized carbons (Fsp3) is 0.783. The van der Waals surface area contributed by atoms with Gasteiger partial charge in [-0.1, -0.05) is 31.4 Å². The van der Waals surface area contributed by atoms with Crippen molar-refractivity contribution in [3.8, 4) is 12.3 Å². The lowest BCUT2D eigenvalue weighted by molar-refractivity contribution is -0.163. The summed E-state index contributed by atoms with van der Waals surface area (Å²) in [6.07, 6.45) is 7.02. The quantitative estimate of drug-likeness (QED) is 0.297. The van der Waals surface area contributed by atoms with Crippen LogP contribution in [-0.2, 0) is 9.53 Å². The van der Waals surface area contributed by atoms with Crippen molar-refractivity contribution in [2.24, 2.45) is 28.6 Å². The van der Waals surface area contributed by atoms with Crippen LogP contribution < -0.4 is 0 Å². The lowest BCUT2D eigenvalue weighted by atomic mass is 9.46. The van der Waals surface area contributed by atoms with E-state index in [0.29, 0.717) is 25.7 Å². The van der Waals surface area contributed by atoms with E-state index < -0.39 is 41.4 Å². The van der Waals surface area contributed by atoms with Gasteiger partial charge in [0, 0.05) is 18.8 Å². The first-order valence-electron chi connectivity index (χ1n) is 10.6. The highest BCUT2D eigenvalue weighted by atomic mass is 16.6. The molecule has 0 spiro atoms. The van der Waals surface area contributed by atoms with Gasteiger partial charge in [-0.05, 0) is 48.9 Å². The van der Waals surface area contributed by atoms with E-state index in [-0.39, 0.29) is 23.2 Å². The number of esters is 1. The molecule has 3 fully saturated rings. The fourth-order valence-electron chi connectivity index (χ4n) is 7.28. The molecule has 4 aliphatic carbocycles. The zero-order chi connectivity index (χ0) is 21.4. The SMILES string of the molecule is C#C[C@]1(O)[C@H](O)C[C@H]2[C@@H]3[C@@H](O)C=C4C[C@@H](OC(C)=O)[C@@H](O)C[C@]4(C)[C@H]3CC[C@@]21C. The van der Waals surface area contributed by atoms with Gasteiger partial charge in [0.05, 0.1) is 18.3 Å². The number of aliphatic hydroxyl groups is 4. The van der Waals surface area contributed by atoms with Gasteiger partial charge in [-0.3, -0.25) is 4.79 Å². The molecule has 0 aromatic rings. The second-order valence-electron chi connectivity index (χ2n) is 10.1. The summed E-state index contributed by atoms with van der Waals surface area (Å²) in [5, 5.41) is 43.5. The van der Waals surface area contributed by atoms with E-state index in [1.165, 1.54) is 6.92 Å². The molecule has 0 radical (unpaired) electrons. The lowest BCUT2D eigenvalue weighted by Crippen LogP contribution is -2.59. The molecule has 0 saturated heterocycles. The van der Waals surface area contributed by atoms with Crippen LogP contribution in [0.2, 0.25) is 0 Å². The molecule has 0 heterocycles. The Labute approximate surface area is 172 Å². The summed E-state index contributed by atoms with van der Waals surface area (Å²) < 4.78 is 5.31. The third kappa shape index (κ3) is 2.68. The predicted molar refractivity (Wildman–Crippen MR) is 105 cm³/mol. The Hall–Kier alpha value is -1.39. The summed E-state index contributed by atoms with van der Waals surface area (Å²) in [4.78, 5) is 11.4. The molecule has 0 aromatic carbocycles. The number of terminal acetylenes is 1. The Balaban J connectivity index is 1.71. The lowest BCUT2D eigenvalue weighted by Gasteiger charge is -2.59. The molecule has 6 nitrogen and oxygen atoms in total. The largest absolute Gasteiger partial charge is 0.459 e. The molecule has 0 aliphatic heterocycles. The van der Waals surface area contributed by atoms with Crippen LogP contribution >= 0.6 is 0 Å². The Morgan fingerprint density at radius 2 is 1.97 bits per heavy atom. The smallest absolute Gasteiger partial charge is 0.303 e. The number of fused-ring (bicyclic) bond motifs is 5. The third-order valence-corrected chi connectivity index (χ3v) is 8.89. The second-order valence-corrected chi connectivity index (χ2v) is 10.1. The van der Waals surface area contributed by atoms with E-state index in [1.54, 1.807) is 0 Å². The van der Waals surface area contributed by atoms with Gasteiger partial charge in [0.25, 0.3) is 0 Å². The van der Waals surface area contributed by atoms with E-state index in [9.17, 15) is 25.2 Å². The monoisotopic (exact) mass is 404 g/mol. The van der Waals surface area contributed by atoms with Crippen LogP contribution in [0.1, 0.15) is 52.9 Å². The molecule has 6 heteroatoms. The van der Waals surface area contributed by atoms with Crippen molar-refractivity contribution in [1.29, 1.82) is 0 Å². The minimum atomic E-state index is -1.60. The molecule has 4 rings (SSSR count). The number of carbonyl (C=O) groups is 1. The van der Waals surface area contributed by atoms with Crippen molar-refractivity contribution in [3.05, 3.63) is 11.6 Å². The molecule has 10 atom stereocenters. The Bertz CT molecular complexity index is 785. The summed E-state index contributed by atoms with van der Waals surface area (Å²) in [7, 11) is 0. The number of ether oxygens (including phenoxy) is 1. The van der Waals surface area contributed by atoms with E-state index >= 15 is 0 Å². The van der Waals surface area contributed by atoms with Gasteiger partial charge < -0.3 is 25.2 Å². The molecule has 160 valence electrons. The molecular formula is C23H32O6. The Morgan fingerprint density at radius 3 is 2.59 bits per heavy atom. The first kappa shape index (κ1) is 20.9. The molecule has 0 bridgehead atoms. The average Bonchev–Trinajstić information content (AvgIpc) is 2.84. The fourth-order valence-corrected chi connectivity index (χ4v) is 7.28. The Morgan fingerprint density at radius 1 is 1.28 bits per heavy atom. The van der Waals surface area contributed by atoms with Crippen molar-refractivity contribution < 1.29 is 30.0 Å². The number of aliphatic hydroxyl groups excluding tert-OH is 3. The Kier molecular flexibility index (Phi) is 4.71. The predicted octanol–water partition coefficient (Wildman–Crippen LogP) is 1.16. The third-order valence-electron chi connectivity index (χ3n) is 8.89. The summed E-state index contributed by atoms with van der Waals surface area (Å²) in [6.45, 7) is 5.39. The molecule has 0 unspecified atom stereocenters. The zero-order valence-corrected chi connectivity index (χ0v) is 17.3. The molecule has 4 N–H and O–H groups in total. The maximum atomic E-state index is 11.4. The second kappa shape index (κ2) is 6.55. The van der Waals surface area contributed by atoms with Crippen molar-refractivity contribution in [3.63, 3.8) is 0 Å². The number of carbonyl (C=O) groups excluding carboxylic acids is 1. The van der Waals surface area contributed by atoms with Crippen LogP contribution in [0.4, 0.5) is 0 Å². The van der Waals surface area contributed by atoms with Gasteiger partial charge in [0.2, 0.25) is 0 Å². The highest BCUT2D eigenvalue weighted by molar-refractivity contribution is 5.66. The highest BCUT2D eigenvalue weighted by Crippen LogP contribution is 2.67. The average molecular weight is 405 g/mol. The van der Waals surface area contributed by atoms with E-state index in [0.717, 1.165) is 12.0 Å². The van der Waals surface area contributed by atoms with Gasteiger partial charge in [0.15, 0.2) is 5.60 Å². The summed E-state index contributed by atoms with van der Waals surface area (Å²) in [6, 6.07) is 0. The molecule has 0 amide bonds. The van der Waals surface area contributed by atoms with Crippen LogP contribution in [-0.4, -0.2) is 56.4 Å². The van der Waals surface area contributed by atoms with Gasteiger partial charge in [-0.25, -0.2) is 0 Å². The van der Waals surface area contributed by atoms with Gasteiger partial charge in [-0.15, -0.1) is 6.42 Å². The van der Waals surface area contributed by atoms with Gasteiger partial charge in [0.1, 0.15) is 6.10 Å². The van der Waals surface area contributed by atoms with Crippen molar-refractivity contribution in [1.82, 2.24) is 0 Å². The molecule has 0 aromatic heterocycles. The first-order valence-corrected chi connectivity index (χ1v) is 10.6. The maximum absolute atomic E-state index is 11.4. The van der Waals surface area contributed by atoms with E-state index in [4.69, 9.17) is 11.2 Å². The standard InChI is InChI=1S/C23H32O6/c1-5-23(28)19(27)10-15-20-14(6-7-22(15,23)4)21(3)11-17(26)18(29-12(2)24)9-13(21)8-16(20)25/h1,8,14-20,25-28H,6-7,9-11H2,2-4H3/t14-,15-,16-,17-,18+,19+,20+,21-,22-,23-/m0/s1. The summed E-state index contributed by atoms with van der Waals surface area (Å²) >= 11 is 0. The topological polar surface area (TPSA) is 107 Å². The molecule has 3 saturated carbocycles. The van der Waals surface area contributed by atoms with Gasteiger partial charge in [-0.2, -0.15) is 0 Å². The zero-order valence-electron chi connectivity index (χ0n) is 17.3. The van der Waals surface area contributed by atoms with Crippen molar-refractivity contribution in [2.75, 3.05) is 0 Å². The van der Waals surface area contributed by atoms with Crippen LogP contribution in [0.25, 0.3) is 0 Å². The summed E-state index contributed by atoms with van der Waals surface area (Å²) in [5.74, 6) is 1.85. The number of hydrogen-bond donors (Lipinski definition) is 4. The van der Waals surface area contributed by atoms with Crippen molar-refractivity contribution >= 4 is 5.97 Å². The first-order chi connectivity index (χ1) is 13.5. The van der Waals surface area contributed by atoms with Crippen LogP contribution in [0.3, 0.4) is 0 Å². The molecular weight excluding hydrogens is 372 g/mol. The van der Waals surface area contributed by atoms with Crippen LogP contribution in [0, 0.1) is 40.9 Å².